The number of anilines is 1. The highest BCUT2D eigenvalue weighted by Gasteiger charge is 2.43. The monoisotopic (exact) mass is 525 g/mol. The van der Waals surface area contributed by atoms with Gasteiger partial charge in [0.1, 0.15) is 10.3 Å². The van der Waals surface area contributed by atoms with Gasteiger partial charge in [0.2, 0.25) is 5.91 Å². The number of aryl methyl sites for hydroxylation is 1. The first kappa shape index (κ1) is 23.2. The summed E-state index contributed by atoms with van der Waals surface area (Å²) in [6.07, 6.45) is 2.85. The number of fused-ring (bicyclic) bond motifs is 1. The second kappa shape index (κ2) is 9.24. The van der Waals surface area contributed by atoms with Crippen LogP contribution >= 0.6 is 34.3 Å². The van der Waals surface area contributed by atoms with Crippen LogP contribution in [0.1, 0.15) is 31.2 Å². The van der Waals surface area contributed by atoms with E-state index < -0.39 is 16.1 Å². The van der Waals surface area contributed by atoms with E-state index in [1.165, 1.54) is 27.0 Å². The van der Waals surface area contributed by atoms with E-state index in [0.29, 0.717) is 42.7 Å². The fourth-order valence-electron chi connectivity index (χ4n) is 4.49. The minimum Gasteiger partial charge on any atom is -0.376 e. The van der Waals surface area contributed by atoms with Crippen LogP contribution in [-0.4, -0.2) is 55.5 Å². The van der Waals surface area contributed by atoms with Crippen molar-refractivity contribution in [2.75, 3.05) is 24.6 Å². The number of amides is 1. The highest BCUT2D eigenvalue weighted by molar-refractivity contribution is 7.91. The van der Waals surface area contributed by atoms with Crippen molar-refractivity contribution in [3.05, 3.63) is 40.2 Å². The minimum atomic E-state index is -3.73. The van der Waals surface area contributed by atoms with Crippen LogP contribution in [0.2, 0.25) is 5.02 Å². The first-order valence-corrected chi connectivity index (χ1v) is 14.4. The van der Waals surface area contributed by atoms with Crippen LogP contribution in [0.25, 0.3) is 10.2 Å². The number of rotatable bonds is 6. The molecule has 0 spiro atoms. The highest BCUT2D eigenvalue weighted by Crippen LogP contribution is 2.36. The van der Waals surface area contributed by atoms with E-state index in [4.69, 9.17) is 21.3 Å². The van der Waals surface area contributed by atoms with E-state index in [9.17, 15) is 13.2 Å². The molecule has 2 fully saturated rings. The van der Waals surface area contributed by atoms with Crippen LogP contribution in [0.5, 0.6) is 0 Å². The molecule has 176 valence electrons. The Kier molecular flexibility index (Phi) is 6.49. The number of sulfonamides is 1. The van der Waals surface area contributed by atoms with E-state index >= 15 is 0 Å². The molecule has 2 unspecified atom stereocenters. The van der Waals surface area contributed by atoms with E-state index in [-0.39, 0.29) is 16.2 Å². The van der Waals surface area contributed by atoms with Crippen molar-refractivity contribution in [2.24, 2.45) is 0 Å². The van der Waals surface area contributed by atoms with Crippen molar-refractivity contribution in [3.63, 3.8) is 0 Å². The van der Waals surface area contributed by atoms with Crippen molar-refractivity contribution >= 4 is 65.6 Å². The topological polar surface area (TPSA) is 79.8 Å². The molecule has 1 amide bonds. The summed E-state index contributed by atoms with van der Waals surface area (Å²) in [6, 6.07) is 6.25. The Morgan fingerprint density at radius 2 is 2.18 bits per heavy atom. The molecule has 7 nitrogen and oxygen atoms in total. The second-order valence-electron chi connectivity index (χ2n) is 8.36. The van der Waals surface area contributed by atoms with Gasteiger partial charge >= 0.3 is 0 Å². The molecule has 4 heterocycles. The molecule has 33 heavy (non-hydrogen) atoms. The Morgan fingerprint density at radius 3 is 2.91 bits per heavy atom. The zero-order valence-electron chi connectivity index (χ0n) is 18.1. The van der Waals surface area contributed by atoms with Crippen molar-refractivity contribution in [3.8, 4) is 0 Å². The van der Waals surface area contributed by atoms with E-state index in [1.54, 1.807) is 22.4 Å². The van der Waals surface area contributed by atoms with Gasteiger partial charge in [0.25, 0.3) is 10.0 Å². The third-order valence-corrected chi connectivity index (χ3v) is 10.6. The third-order valence-electron chi connectivity index (χ3n) is 6.09. The van der Waals surface area contributed by atoms with Crippen LogP contribution < -0.4 is 4.90 Å². The molecule has 1 aromatic carbocycles. The molecule has 0 aliphatic carbocycles. The summed E-state index contributed by atoms with van der Waals surface area (Å²) in [4.78, 5) is 20.3. The standard InChI is InChI=1S/C22H24ClN3O4S3/c1-14-11-15(23)12-18-20(14)24-22(32-18)25(13-16-5-3-9-30-16)21(27)17-6-2-8-26(17)33(28,29)19-7-4-10-31-19/h4,7,10-12,16-17H,2-3,5-6,8-9,13H2,1H3. The number of hydrogen-bond acceptors (Lipinski definition) is 7. The fraction of sp³-hybridized carbons (Fsp3) is 0.455. The molecule has 2 aliphatic heterocycles. The van der Waals surface area contributed by atoms with E-state index in [0.717, 1.165) is 28.6 Å². The highest BCUT2D eigenvalue weighted by atomic mass is 35.5. The average Bonchev–Trinajstić information content (AvgIpc) is 3.57. The van der Waals surface area contributed by atoms with Crippen LogP contribution in [-0.2, 0) is 19.6 Å². The minimum absolute atomic E-state index is 0.0885. The molecule has 0 radical (unpaired) electrons. The van der Waals surface area contributed by atoms with Crippen LogP contribution in [0.15, 0.2) is 33.9 Å². The molecule has 2 aliphatic rings. The lowest BCUT2D eigenvalue weighted by molar-refractivity contribution is -0.122. The number of carbonyl (C=O) groups excluding carboxylic acids is 1. The summed E-state index contributed by atoms with van der Waals surface area (Å²) in [5, 5.41) is 2.91. The molecule has 0 saturated carbocycles. The number of thiophene rings is 1. The van der Waals surface area contributed by atoms with Gasteiger partial charge < -0.3 is 4.74 Å². The number of benzene rings is 1. The molecule has 5 rings (SSSR count). The first-order chi connectivity index (χ1) is 15.8. The Labute approximate surface area is 206 Å². The van der Waals surface area contributed by atoms with Gasteiger partial charge in [0.15, 0.2) is 5.13 Å². The van der Waals surface area contributed by atoms with Gasteiger partial charge in [-0.05, 0) is 61.7 Å². The predicted octanol–water partition coefficient (Wildman–Crippen LogP) is 4.68. The zero-order valence-corrected chi connectivity index (χ0v) is 21.3. The van der Waals surface area contributed by atoms with Crippen LogP contribution in [0.4, 0.5) is 5.13 Å². The molecular formula is C22H24ClN3O4S3. The van der Waals surface area contributed by atoms with Gasteiger partial charge in [0.05, 0.1) is 22.9 Å². The number of thiazole rings is 1. The lowest BCUT2D eigenvalue weighted by Gasteiger charge is -2.29. The summed E-state index contributed by atoms with van der Waals surface area (Å²) in [7, 11) is -3.73. The zero-order chi connectivity index (χ0) is 23.2. The fourth-order valence-corrected chi connectivity index (χ4v) is 8.70. The molecule has 0 bridgehead atoms. The maximum absolute atomic E-state index is 13.9. The predicted molar refractivity (Wildman–Crippen MR) is 132 cm³/mol. The number of halogens is 1. The molecule has 3 aromatic rings. The molecule has 2 atom stereocenters. The van der Waals surface area contributed by atoms with Gasteiger partial charge in [-0.15, -0.1) is 11.3 Å². The summed E-state index contributed by atoms with van der Waals surface area (Å²) in [5.41, 5.74) is 1.74. The van der Waals surface area contributed by atoms with Gasteiger partial charge in [0, 0.05) is 18.2 Å². The van der Waals surface area contributed by atoms with Gasteiger partial charge in [-0.25, -0.2) is 13.4 Å². The number of aromatic nitrogens is 1. The Balaban J connectivity index is 1.51. The van der Waals surface area contributed by atoms with Gasteiger partial charge in [-0.2, -0.15) is 4.31 Å². The maximum Gasteiger partial charge on any atom is 0.253 e. The van der Waals surface area contributed by atoms with E-state index in [2.05, 4.69) is 0 Å². The van der Waals surface area contributed by atoms with E-state index in [1.807, 2.05) is 19.1 Å². The molecule has 2 saturated heterocycles. The molecule has 11 heteroatoms. The number of carbonyl (C=O) groups is 1. The third kappa shape index (κ3) is 4.44. The average molecular weight is 526 g/mol. The number of hydrogen-bond donors (Lipinski definition) is 0. The molecule has 2 aromatic heterocycles. The van der Waals surface area contributed by atoms with Gasteiger partial charge in [-0.1, -0.05) is 29.0 Å². The van der Waals surface area contributed by atoms with Gasteiger partial charge in [-0.3, -0.25) is 9.69 Å². The summed E-state index contributed by atoms with van der Waals surface area (Å²) < 4.78 is 34.8. The summed E-state index contributed by atoms with van der Waals surface area (Å²) in [5.74, 6) is -0.245. The normalized spacial score (nSPS) is 21.8. The number of nitrogens with zero attached hydrogens (tertiary/aromatic N) is 3. The van der Waals surface area contributed by atoms with Crippen molar-refractivity contribution < 1.29 is 17.9 Å². The maximum atomic E-state index is 13.9. The van der Waals surface area contributed by atoms with Crippen molar-refractivity contribution in [1.82, 2.24) is 9.29 Å². The lowest BCUT2D eigenvalue weighted by Crippen LogP contribution is -2.49. The van der Waals surface area contributed by atoms with Crippen molar-refractivity contribution in [1.29, 1.82) is 0 Å². The summed E-state index contributed by atoms with van der Waals surface area (Å²) >= 11 is 8.81. The smallest absolute Gasteiger partial charge is 0.253 e. The van der Waals surface area contributed by atoms with Crippen LogP contribution in [0, 0.1) is 6.92 Å². The second-order valence-corrected chi connectivity index (χ2v) is 12.9. The Hall–Kier alpha value is -1.56. The van der Waals surface area contributed by atoms with Crippen molar-refractivity contribution in [2.45, 2.75) is 49.0 Å². The largest absolute Gasteiger partial charge is 0.376 e. The lowest BCUT2D eigenvalue weighted by atomic mass is 10.2. The Bertz CT molecular complexity index is 1270. The molecule has 0 N–H and O–H groups in total. The first-order valence-electron chi connectivity index (χ1n) is 10.9. The Morgan fingerprint density at radius 1 is 1.33 bits per heavy atom. The quantitative estimate of drug-likeness (QED) is 0.466. The van der Waals surface area contributed by atoms with Crippen LogP contribution in [0.3, 0.4) is 0 Å². The number of ether oxygens (including phenoxy) is 1. The SMILES string of the molecule is Cc1cc(Cl)cc2sc(N(CC3CCCO3)C(=O)C3CCCN3S(=O)(=O)c3cccs3)nc12. The molecular weight excluding hydrogens is 502 g/mol. The summed E-state index contributed by atoms with van der Waals surface area (Å²) in [6.45, 7) is 3.30.